The SMILES string of the molecule is CCN(CCNC(C)C)CCc1ccc2c(c1)CCO2. The van der Waals surface area contributed by atoms with Crippen molar-refractivity contribution >= 4 is 0 Å². The lowest BCUT2D eigenvalue weighted by molar-refractivity contribution is 0.287. The van der Waals surface area contributed by atoms with Crippen molar-refractivity contribution in [3.05, 3.63) is 29.3 Å². The summed E-state index contributed by atoms with van der Waals surface area (Å²) >= 11 is 0. The van der Waals surface area contributed by atoms with Gasteiger partial charge >= 0.3 is 0 Å². The molecule has 1 N–H and O–H groups in total. The van der Waals surface area contributed by atoms with Crippen molar-refractivity contribution < 1.29 is 4.74 Å². The molecule has 1 aliphatic heterocycles. The summed E-state index contributed by atoms with van der Waals surface area (Å²) in [6.45, 7) is 11.9. The highest BCUT2D eigenvalue weighted by Gasteiger charge is 2.12. The Morgan fingerprint density at radius 2 is 2.15 bits per heavy atom. The van der Waals surface area contributed by atoms with E-state index in [1.807, 2.05) is 0 Å². The van der Waals surface area contributed by atoms with E-state index in [0.29, 0.717) is 6.04 Å². The molecule has 3 nitrogen and oxygen atoms in total. The standard InChI is InChI=1S/C17H28N2O/c1-4-19(11-9-18-14(2)3)10-7-15-5-6-17-16(13-15)8-12-20-17/h5-6,13-14,18H,4,7-12H2,1-3H3. The van der Waals surface area contributed by atoms with Crippen molar-refractivity contribution in [2.75, 3.05) is 32.8 Å². The molecule has 112 valence electrons. The summed E-state index contributed by atoms with van der Waals surface area (Å²) < 4.78 is 5.56. The molecule has 0 aliphatic carbocycles. The van der Waals surface area contributed by atoms with Gasteiger partial charge in [-0.3, -0.25) is 0 Å². The van der Waals surface area contributed by atoms with Crippen molar-refractivity contribution in [3.8, 4) is 5.75 Å². The third-order valence-electron chi connectivity index (χ3n) is 3.90. The predicted molar refractivity (Wildman–Crippen MR) is 84.6 cm³/mol. The molecular weight excluding hydrogens is 248 g/mol. The van der Waals surface area contributed by atoms with Crippen LogP contribution in [0.3, 0.4) is 0 Å². The fourth-order valence-electron chi connectivity index (χ4n) is 2.62. The summed E-state index contributed by atoms with van der Waals surface area (Å²) in [7, 11) is 0. The first-order valence-corrected chi connectivity index (χ1v) is 7.89. The van der Waals surface area contributed by atoms with Crippen molar-refractivity contribution in [2.24, 2.45) is 0 Å². The van der Waals surface area contributed by atoms with Gasteiger partial charge in [0, 0.05) is 32.1 Å². The fourth-order valence-corrected chi connectivity index (χ4v) is 2.62. The van der Waals surface area contributed by atoms with Crippen molar-refractivity contribution in [1.82, 2.24) is 10.2 Å². The molecule has 0 saturated carbocycles. The van der Waals surface area contributed by atoms with E-state index in [1.54, 1.807) is 0 Å². The maximum Gasteiger partial charge on any atom is 0.122 e. The number of hydrogen-bond donors (Lipinski definition) is 1. The minimum atomic E-state index is 0.574. The quantitative estimate of drug-likeness (QED) is 0.789. The molecule has 0 fully saturated rings. The van der Waals surface area contributed by atoms with E-state index in [1.165, 1.54) is 11.1 Å². The Kier molecular flexibility index (Phi) is 5.86. The first kappa shape index (κ1) is 15.3. The molecule has 1 heterocycles. The van der Waals surface area contributed by atoms with Gasteiger partial charge in [-0.2, -0.15) is 0 Å². The van der Waals surface area contributed by atoms with Crippen LogP contribution in [0.4, 0.5) is 0 Å². The van der Waals surface area contributed by atoms with E-state index in [2.05, 4.69) is 49.2 Å². The van der Waals surface area contributed by atoms with Gasteiger partial charge in [0.05, 0.1) is 6.61 Å². The van der Waals surface area contributed by atoms with Gasteiger partial charge in [0.25, 0.3) is 0 Å². The van der Waals surface area contributed by atoms with Gasteiger partial charge in [-0.05, 0) is 30.2 Å². The second kappa shape index (κ2) is 7.65. The van der Waals surface area contributed by atoms with Gasteiger partial charge in [-0.15, -0.1) is 0 Å². The van der Waals surface area contributed by atoms with Gasteiger partial charge < -0.3 is 15.0 Å². The van der Waals surface area contributed by atoms with E-state index >= 15 is 0 Å². The van der Waals surface area contributed by atoms with E-state index in [-0.39, 0.29) is 0 Å². The van der Waals surface area contributed by atoms with Gasteiger partial charge in [0.1, 0.15) is 5.75 Å². The highest BCUT2D eigenvalue weighted by atomic mass is 16.5. The highest BCUT2D eigenvalue weighted by molar-refractivity contribution is 5.39. The van der Waals surface area contributed by atoms with E-state index in [9.17, 15) is 0 Å². The van der Waals surface area contributed by atoms with Crippen LogP contribution in [0.1, 0.15) is 31.9 Å². The molecule has 0 radical (unpaired) electrons. The van der Waals surface area contributed by atoms with Crippen LogP contribution in [0.2, 0.25) is 0 Å². The number of ether oxygens (including phenoxy) is 1. The molecule has 2 rings (SSSR count). The molecule has 0 spiro atoms. The molecule has 1 aliphatic rings. The molecule has 0 amide bonds. The minimum Gasteiger partial charge on any atom is -0.493 e. The summed E-state index contributed by atoms with van der Waals surface area (Å²) in [4.78, 5) is 2.51. The van der Waals surface area contributed by atoms with Crippen molar-refractivity contribution in [2.45, 2.75) is 39.7 Å². The molecule has 1 aromatic carbocycles. The minimum absolute atomic E-state index is 0.574. The van der Waals surface area contributed by atoms with Gasteiger partial charge in [-0.1, -0.05) is 32.9 Å². The normalized spacial score (nSPS) is 13.8. The maximum atomic E-state index is 5.56. The zero-order valence-corrected chi connectivity index (χ0v) is 13.1. The topological polar surface area (TPSA) is 24.5 Å². The first-order valence-electron chi connectivity index (χ1n) is 7.89. The molecule has 0 saturated heterocycles. The first-order chi connectivity index (χ1) is 9.69. The summed E-state index contributed by atoms with van der Waals surface area (Å²) in [6, 6.07) is 7.24. The monoisotopic (exact) mass is 276 g/mol. The Bertz CT molecular complexity index is 417. The average molecular weight is 276 g/mol. The number of benzene rings is 1. The molecule has 20 heavy (non-hydrogen) atoms. The smallest absolute Gasteiger partial charge is 0.122 e. The van der Waals surface area contributed by atoms with Crippen molar-refractivity contribution in [1.29, 1.82) is 0 Å². The zero-order valence-electron chi connectivity index (χ0n) is 13.1. The predicted octanol–water partition coefficient (Wildman–Crippen LogP) is 2.48. The fraction of sp³-hybridized carbons (Fsp3) is 0.647. The molecular formula is C17H28N2O. The highest BCUT2D eigenvalue weighted by Crippen LogP contribution is 2.25. The zero-order chi connectivity index (χ0) is 14.4. The van der Waals surface area contributed by atoms with E-state index in [0.717, 1.165) is 51.4 Å². The molecule has 0 aromatic heterocycles. The van der Waals surface area contributed by atoms with Crippen LogP contribution >= 0.6 is 0 Å². The van der Waals surface area contributed by atoms with E-state index in [4.69, 9.17) is 4.74 Å². The van der Waals surface area contributed by atoms with Crippen LogP contribution in [0.25, 0.3) is 0 Å². The van der Waals surface area contributed by atoms with Crippen molar-refractivity contribution in [3.63, 3.8) is 0 Å². The Labute approximate surface area is 123 Å². The second-order valence-electron chi connectivity index (χ2n) is 5.83. The summed E-state index contributed by atoms with van der Waals surface area (Å²) in [5.41, 5.74) is 2.82. The lowest BCUT2D eigenvalue weighted by atomic mass is 10.1. The molecule has 0 atom stereocenters. The van der Waals surface area contributed by atoms with Gasteiger partial charge in [0.15, 0.2) is 0 Å². The van der Waals surface area contributed by atoms with Crippen LogP contribution in [0.15, 0.2) is 18.2 Å². The largest absolute Gasteiger partial charge is 0.493 e. The van der Waals surface area contributed by atoms with Crippen LogP contribution < -0.4 is 10.1 Å². The molecule has 0 bridgehead atoms. The number of likely N-dealkylation sites (N-methyl/N-ethyl adjacent to an activating group) is 1. The third-order valence-corrected chi connectivity index (χ3v) is 3.90. The molecule has 0 unspecified atom stereocenters. The summed E-state index contributed by atoms with van der Waals surface area (Å²) in [5.74, 6) is 1.09. The second-order valence-corrected chi connectivity index (χ2v) is 5.83. The van der Waals surface area contributed by atoms with Crippen LogP contribution in [0, 0.1) is 0 Å². The Morgan fingerprint density at radius 3 is 2.90 bits per heavy atom. The van der Waals surface area contributed by atoms with E-state index < -0.39 is 0 Å². The number of fused-ring (bicyclic) bond motifs is 1. The molecule has 1 aromatic rings. The lowest BCUT2D eigenvalue weighted by Crippen LogP contribution is -2.35. The number of nitrogens with one attached hydrogen (secondary N) is 1. The number of rotatable bonds is 8. The third kappa shape index (κ3) is 4.50. The van der Waals surface area contributed by atoms with Crippen LogP contribution in [0.5, 0.6) is 5.75 Å². The average Bonchev–Trinajstić information content (AvgIpc) is 2.89. The Morgan fingerprint density at radius 1 is 1.30 bits per heavy atom. The lowest BCUT2D eigenvalue weighted by Gasteiger charge is -2.21. The van der Waals surface area contributed by atoms with Crippen LogP contribution in [-0.4, -0.2) is 43.7 Å². The maximum absolute atomic E-state index is 5.56. The summed E-state index contributed by atoms with van der Waals surface area (Å²) in [6.07, 6.45) is 2.20. The number of hydrogen-bond acceptors (Lipinski definition) is 3. The van der Waals surface area contributed by atoms with Gasteiger partial charge in [0.2, 0.25) is 0 Å². The Hall–Kier alpha value is -1.06. The van der Waals surface area contributed by atoms with Crippen LogP contribution in [-0.2, 0) is 12.8 Å². The Balaban J connectivity index is 1.77. The molecule has 3 heteroatoms. The number of nitrogens with zero attached hydrogens (tertiary/aromatic N) is 1. The summed E-state index contributed by atoms with van der Waals surface area (Å²) in [5, 5.41) is 3.48. The van der Waals surface area contributed by atoms with Gasteiger partial charge in [-0.25, -0.2) is 0 Å².